The third-order valence-corrected chi connectivity index (χ3v) is 3.62. The maximum absolute atomic E-state index is 13.1. The van der Waals surface area contributed by atoms with Gasteiger partial charge in [0, 0.05) is 11.3 Å². The Morgan fingerprint density at radius 2 is 1.67 bits per heavy atom. The van der Waals surface area contributed by atoms with Gasteiger partial charge in [-0.2, -0.15) is 10.1 Å². The van der Waals surface area contributed by atoms with Crippen LogP contribution in [0.5, 0.6) is 0 Å². The topological polar surface area (TPSA) is 62.6 Å². The van der Waals surface area contributed by atoms with Crippen LogP contribution < -0.4 is 4.90 Å². The van der Waals surface area contributed by atoms with Gasteiger partial charge in [0.2, 0.25) is 0 Å². The van der Waals surface area contributed by atoms with E-state index >= 15 is 0 Å². The van der Waals surface area contributed by atoms with Crippen molar-refractivity contribution in [3.05, 3.63) is 60.2 Å². The first kappa shape index (κ1) is 16.2. The number of hydrogen-bond acceptors (Lipinski definition) is 4. The summed E-state index contributed by atoms with van der Waals surface area (Å²) in [4.78, 5) is 25.4. The molecule has 0 radical (unpaired) electrons. The zero-order valence-corrected chi connectivity index (χ0v) is 13.8. The zero-order chi connectivity index (χ0) is 17.4. The molecule has 5 nitrogen and oxygen atoms in total. The second-order valence-electron chi connectivity index (χ2n) is 6.57. The summed E-state index contributed by atoms with van der Waals surface area (Å²) in [5, 5.41) is 9.79. The Morgan fingerprint density at radius 3 is 2.29 bits per heavy atom. The second kappa shape index (κ2) is 5.75. The molecule has 1 aliphatic rings. The molecule has 2 aromatic rings. The summed E-state index contributed by atoms with van der Waals surface area (Å²) in [6.45, 7) is 5.37. The minimum absolute atomic E-state index is 0.477. The number of anilines is 2. The number of benzene rings is 2. The molecule has 0 saturated carbocycles. The highest BCUT2D eigenvalue weighted by Crippen LogP contribution is 2.46. The Labute approximate surface area is 141 Å². The van der Waals surface area contributed by atoms with E-state index in [9.17, 15) is 10.1 Å². The smallest absolute Gasteiger partial charge is 0.277 e. The lowest BCUT2D eigenvalue weighted by molar-refractivity contribution is -0.384. The van der Waals surface area contributed by atoms with Crippen molar-refractivity contribution in [2.24, 2.45) is 0 Å². The molecular formula is C19H18N2O3. The fourth-order valence-electron chi connectivity index (χ4n) is 2.58. The summed E-state index contributed by atoms with van der Waals surface area (Å²) in [7, 11) is 0. The predicted octanol–water partition coefficient (Wildman–Crippen LogP) is 3.83. The van der Waals surface area contributed by atoms with Gasteiger partial charge >= 0.3 is 0 Å². The molecule has 0 unspecified atom stereocenters. The van der Waals surface area contributed by atoms with E-state index in [-0.39, 0.29) is 0 Å². The molecule has 0 aromatic heterocycles. The summed E-state index contributed by atoms with van der Waals surface area (Å²) < 4.78 is 0. The van der Waals surface area contributed by atoms with Crippen molar-refractivity contribution in [2.45, 2.75) is 32.0 Å². The van der Waals surface area contributed by atoms with Gasteiger partial charge in [-0.3, -0.25) is 9.69 Å². The minimum Gasteiger partial charge on any atom is -0.277 e. The molecule has 0 fully saturated rings. The fourth-order valence-corrected chi connectivity index (χ4v) is 2.58. The first-order valence-electron chi connectivity index (χ1n) is 7.66. The fraction of sp³-hybridized carbons (Fsp3) is 0.263. The number of carbonyl (C=O) groups excluding carboxylic acids is 1. The summed E-state index contributed by atoms with van der Waals surface area (Å²) in [5.41, 5.74) is -0.705. The van der Waals surface area contributed by atoms with Crippen molar-refractivity contribution in [3.63, 3.8) is 0 Å². The van der Waals surface area contributed by atoms with E-state index in [1.165, 1.54) is 4.90 Å². The summed E-state index contributed by atoms with van der Waals surface area (Å²) in [6, 6.07) is 18.3. The normalized spacial score (nSPS) is 19.9. The van der Waals surface area contributed by atoms with Crippen LogP contribution >= 0.6 is 0 Å². The van der Waals surface area contributed by atoms with Crippen molar-refractivity contribution in [1.82, 2.24) is 0 Å². The van der Waals surface area contributed by atoms with E-state index in [2.05, 4.69) is 0 Å². The van der Waals surface area contributed by atoms with E-state index in [4.69, 9.17) is 9.78 Å². The Kier molecular flexibility index (Phi) is 3.88. The number of nitriles is 1. The largest absolute Gasteiger partial charge is 0.293 e. The minimum atomic E-state index is -1.82. The third kappa shape index (κ3) is 2.56. The first-order chi connectivity index (χ1) is 11.4. The van der Waals surface area contributed by atoms with Crippen molar-refractivity contribution >= 4 is 17.3 Å². The van der Waals surface area contributed by atoms with Gasteiger partial charge in [-0.1, -0.05) is 36.4 Å². The van der Waals surface area contributed by atoms with E-state index in [0.29, 0.717) is 16.9 Å². The van der Waals surface area contributed by atoms with E-state index in [1.807, 2.05) is 42.5 Å². The third-order valence-electron chi connectivity index (χ3n) is 3.62. The zero-order valence-electron chi connectivity index (χ0n) is 13.8. The van der Waals surface area contributed by atoms with Crippen LogP contribution in [0.25, 0.3) is 0 Å². The van der Waals surface area contributed by atoms with Gasteiger partial charge in [0.05, 0.1) is 11.3 Å². The molecule has 0 aliphatic carbocycles. The molecule has 0 saturated heterocycles. The van der Waals surface area contributed by atoms with Crippen LogP contribution in [0.2, 0.25) is 0 Å². The lowest BCUT2D eigenvalue weighted by Gasteiger charge is -2.25. The number of nitrogens with zero attached hydrogens (tertiary/aromatic N) is 2. The number of rotatable bonds is 3. The summed E-state index contributed by atoms with van der Waals surface area (Å²) in [6.07, 6.45) is 0. The average Bonchev–Trinajstić information content (AvgIpc) is 2.82. The molecule has 5 heteroatoms. The molecule has 3 rings (SSSR count). The number of para-hydroxylation sites is 2. The Bertz CT molecular complexity index is 805. The number of amides is 1. The van der Waals surface area contributed by atoms with Crippen LogP contribution in [-0.4, -0.2) is 11.5 Å². The molecule has 122 valence electrons. The highest BCUT2D eigenvalue weighted by Gasteiger charge is 2.55. The van der Waals surface area contributed by atoms with Crippen LogP contribution in [0.3, 0.4) is 0 Å². The quantitative estimate of drug-likeness (QED) is 0.636. The lowest BCUT2D eigenvalue weighted by Crippen LogP contribution is -2.41. The second-order valence-corrected chi connectivity index (χ2v) is 6.57. The monoisotopic (exact) mass is 322 g/mol. The molecule has 1 atom stereocenters. The molecule has 1 aliphatic heterocycles. The van der Waals surface area contributed by atoms with Gasteiger partial charge in [0.1, 0.15) is 6.07 Å². The van der Waals surface area contributed by atoms with E-state index < -0.39 is 17.1 Å². The van der Waals surface area contributed by atoms with Gasteiger partial charge < -0.3 is 0 Å². The van der Waals surface area contributed by atoms with Crippen LogP contribution in [0.4, 0.5) is 11.4 Å². The molecular weight excluding hydrogens is 304 g/mol. The van der Waals surface area contributed by atoms with Gasteiger partial charge in [-0.25, -0.2) is 4.89 Å². The molecule has 1 amide bonds. The number of hydrogen-bond donors (Lipinski definition) is 0. The molecule has 0 bridgehead atoms. The van der Waals surface area contributed by atoms with Crippen LogP contribution in [0, 0.1) is 11.3 Å². The first-order valence-corrected chi connectivity index (χ1v) is 7.66. The average molecular weight is 322 g/mol. The van der Waals surface area contributed by atoms with Gasteiger partial charge in [-0.15, -0.1) is 0 Å². The molecule has 0 spiro atoms. The lowest BCUT2D eigenvalue weighted by atomic mass is 9.97. The predicted molar refractivity (Wildman–Crippen MR) is 89.2 cm³/mol. The Morgan fingerprint density at radius 1 is 1.04 bits per heavy atom. The van der Waals surface area contributed by atoms with Gasteiger partial charge in [0.15, 0.2) is 0 Å². The van der Waals surface area contributed by atoms with E-state index in [1.54, 1.807) is 39.0 Å². The highest BCUT2D eigenvalue weighted by atomic mass is 17.2. The maximum Gasteiger partial charge on any atom is 0.293 e. The molecule has 2 aromatic carbocycles. The van der Waals surface area contributed by atoms with Crippen LogP contribution in [0.15, 0.2) is 54.6 Å². The summed E-state index contributed by atoms with van der Waals surface area (Å²) in [5.74, 6) is -0.485. The van der Waals surface area contributed by atoms with Crippen molar-refractivity contribution in [1.29, 1.82) is 5.26 Å². The molecule has 1 heterocycles. The summed E-state index contributed by atoms with van der Waals surface area (Å²) >= 11 is 0. The van der Waals surface area contributed by atoms with Gasteiger partial charge in [-0.05, 0) is 39.0 Å². The van der Waals surface area contributed by atoms with Crippen molar-refractivity contribution in [3.8, 4) is 6.07 Å². The van der Waals surface area contributed by atoms with Crippen molar-refractivity contribution < 1.29 is 14.6 Å². The van der Waals surface area contributed by atoms with Crippen molar-refractivity contribution in [2.75, 3.05) is 4.90 Å². The Hall–Kier alpha value is -2.68. The number of fused-ring (bicyclic) bond motifs is 1. The van der Waals surface area contributed by atoms with Crippen LogP contribution in [-0.2, 0) is 20.2 Å². The molecule has 24 heavy (non-hydrogen) atoms. The highest BCUT2D eigenvalue weighted by molar-refractivity contribution is 6.13. The Balaban J connectivity index is 2.12. The number of carbonyl (C=O) groups is 1. The SMILES string of the molecule is CC(C)(C)OO[C@]1(C#N)C(=O)N(c2ccccc2)c2ccccc21. The standard InChI is InChI=1S/C19H18N2O3/c1-18(2,3)23-24-19(13-20)15-11-7-8-12-16(15)21(17(19)22)14-9-5-4-6-10-14/h4-12H,1-3H3/t19-/m0/s1. The van der Waals surface area contributed by atoms with E-state index in [0.717, 1.165) is 0 Å². The molecule has 0 N–H and O–H groups in total. The van der Waals surface area contributed by atoms with Crippen LogP contribution in [0.1, 0.15) is 26.3 Å². The van der Waals surface area contributed by atoms with Gasteiger partial charge in [0.25, 0.3) is 11.5 Å². The maximum atomic E-state index is 13.1.